The lowest BCUT2D eigenvalue weighted by atomic mass is 10.2. The van der Waals surface area contributed by atoms with Crippen LogP contribution in [0, 0.1) is 0 Å². The summed E-state index contributed by atoms with van der Waals surface area (Å²) < 4.78 is 0. The summed E-state index contributed by atoms with van der Waals surface area (Å²) in [6.07, 6.45) is 1.62. The fourth-order valence-electron chi connectivity index (χ4n) is 1.33. The molecule has 3 heteroatoms. The first-order chi connectivity index (χ1) is 3.97. The summed E-state index contributed by atoms with van der Waals surface area (Å²) in [5, 5.41) is 3.33. The third-order valence-corrected chi connectivity index (χ3v) is 1.82. The van der Waals surface area contributed by atoms with Crippen LogP contribution in [-0.4, -0.2) is 25.2 Å². The first-order valence-electron chi connectivity index (χ1n) is 3.09. The van der Waals surface area contributed by atoms with Crippen LogP contribution in [-0.2, 0) is 4.84 Å². The molecule has 2 saturated heterocycles. The maximum absolute atomic E-state index is 5.16. The molecule has 2 aliphatic rings. The molecule has 46 valence electrons. The van der Waals surface area contributed by atoms with Crippen molar-refractivity contribution in [3.05, 3.63) is 0 Å². The average Bonchev–Trinajstić information content (AvgIpc) is 2.15. The topological polar surface area (TPSA) is 33.3 Å². The van der Waals surface area contributed by atoms with Gasteiger partial charge in [-0.15, -0.1) is 0 Å². The zero-order valence-corrected chi connectivity index (χ0v) is 4.68. The van der Waals surface area contributed by atoms with Crippen molar-refractivity contribution >= 4 is 0 Å². The summed E-state index contributed by atoms with van der Waals surface area (Å²) in [5.41, 5.74) is 2.86. The molecule has 0 radical (unpaired) electrons. The maximum Gasteiger partial charge on any atom is 0.0968 e. The van der Waals surface area contributed by atoms with E-state index in [-0.39, 0.29) is 0 Å². The van der Waals surface area contributed by atoms with Gasteiger partial charge in [0.1, 0.15) is 0 Å². The van der Waals surface area contributed by atoms with E-state index in [1.165, 1.54) is 0 Å². The number of hydroxylamine groups is 1. The molecule has 2 fully saturated rings. The van der Waals surface area contributed by atoms with Crippen LogP contribution in [0.5, 0.6) is 0 Å². The van der Waals surface area contributed by atoms with Crippen LogP contribution < -0.4 is 10.8 Å². The summed E-state index contributed by atoms with van der Waals surface area (Å²) in [5.74, 6) is 0. The van der Waals surface area contributed by atoms with Gasteiger partial charge in [0.15, 0.2) is 0 Å². The molecule has 3 nitrogen and oxygen atoms in total. The second kappa shape index (κ2) is 1.69. The van der Waals surface area contributed by atoms with Crippen molar-refractivity contribution in [2.24, 2.45) is 0 Å². The van der Waals surface area contributed by atoms with Gasteiger partial charge in [0.2, 0.25) is 0 Å². The van der Waals surface area contributed by atoms with Gasteiger partial charge in [-0.05, 0) is 13.0 Å². The van der Waals surface area contributed by atoms with E-state index in [1.807, 2.05) is 0 Å². The van der Waals surface area contributed by atoms with Crippen LogP contribution in [0.4, 0.5) is 0 Å². The van der Waals surface area contributed by atoms with E-state index in [0.717, 1.165) is 19.5 Å². The van der Waals surface area contributed by atoms with Crippen molar-refractivity contribution in [3.8, 4) is 0 Å². The molecule has 0 aliphatic carbocycles. The minimum absolute atomic E-state index is 0.454. The Morgan fingerprint density at radius 2 is 2.50 bits per heavy atom. The zero-order chi connectivity index (χ0) is 5.40. The van der Waals surface area contributed by atoms with Crippen LogP contribution in [0.2, 0.25) is 0 Å². The number of rotatable bonds is 0. The molecule has 0 saturated carbocycles. The van der Waals surface area contributed by atoms with E-state index in [4.69, 9.17) is 4.84 Å². The number of fused-ring (bicyclic) bond motifs is 1. The van der Waals surface area contributed by atoms with E-state index in [1.54, 1.807) is 0 Å². The van der Waals surface area contributed by atoms with Gasteiger partial charge in [0.25, 0.3) is 0 Å². The van der Waals surface area contributed by atoms with E-state index in [0.29, 0.717) is 12.1 Å². The maximum atomic E-state index is 5.16. The molecule has 0 aromatic heterocycles. The highest BCUT2D eigenvalue weighted by Gasteiger charge is 2.32. The van der Waals surface area contributed by atoms with Gasteiger partial charge in [-0.1, -0.05) is 0 Å². The quantitative estimate of drug-likeness (QED) is 0.435. The zero-order valence-electron chi connectivity index (χ0n) is 4.68. The third kappa shape index (κ3) is 0.555. The molecule has 0 amide bonds. The number of hydrogen-bond donors (Lipinski definition) is 2. The fourth-order valence-corrected chi connectivity index (χ4v) is 1.33. The van der Waals surface area contributed by atoms with E-state index >= 15 is 0 Å². The molecule has 0 spiro atoms. The van der Waals surface area contributed by atoms with Crippen LogP contribution in [0.25, 0.3) is 0 Å². The molecule has 2 unspecified atom stereocenters. The van der Waals surface area contributed by atoms with Crippen molar-refractivity contribution < 1.29 is 4.84 Å². The Morgan fingerprint density at radius 1 is 1.50 bits per heavy atom. The summed E-state index contributed by atoms with van der Waals surface area (Å²) >= 11 is 0. The Morgan fingerprint density at radius 3 is 3.38 bits per heavy atom. The van der Waals surface area contributed by atoms with Gasteiger partial charge in [-0.2, -0.15) is 0 Å². The lowest BCUT2D eigenvalue weighted by Gasteiger charge is -2.01. The predicted octanol–water partition coefficient (Wildman–Crippen LogP) is -0.748. The van der Waals surface area contributed by atoms with Crippen LogP contribution in [0.15, 0.2) is 0 Å². The van der Waals surface area contributed by atoms with Gasteiger partial charge in [-0.3, -0.25) is 4.84 Å². The van der Waals surface area contributed by atoms with Crippen molar-refractivity contribution in [2.75, 3.05) is 13.1 Å². The highest BCUT2D eigenvalue weighted by Crippen LogP contribution is 2.13. The molecule has 2 rings (SSSR count). The summed E-state index contributed by atoms with van der Waals surface area (Å²) in [7, 11) is 0. The van der Waals surface area contributed by atoms with Crippen LogP contribution in [0.3, 0.4) is 0 Å². The minimum Gasteiger partial charge on any atom is -0.310 e. The minimum atomic E-state index is 0.454. The molecule has 0 aromatic carbocycles. The number of nitrogens with one attached hydrogen (secondary N) is 2. The fraction of sp³-hybridized carbons (Fsp3) is 1.00. The van der Waals surface area contributed by atoms with Crippen LogP contribution >= 0.6 is 0 Å². The molecule has 2 heterocycles. The monoisotopic (exact) mass is 114 g/mol. The Balaban J connectivity index is 2.04. The van der Waals surface area contributed by atoms with E-state index in [2.05, 4.69) is 10.8 Å². The first kappa shape index (κ1) is 4.73. The molecule has 8 heavy (non-hydrogen) atoms. The highest BCUT2D eigenvalue weighted by molar-refractivity contribution is 4.88. The van der Waals surface area contributed by atoms with E-state index < -0.39 is 0 Å². The largest absolute Gasteiger partial charge is 0.310 e. The van der Waals surface area contributed by atoms with Gasteiger partial charge in [-0.25, -0.2) is 5.48 Å². The van der Waals surface area contributed by atoms with Gasteiger partial charge in [0.05, 0.1) is 12.1 Å². The van der Waals surface area contributed by atoms with Crippen molar-refractivity contribution in [1.29, 1.82) is 0 Å². The Labute approximate surface area is 48.4 Å². The highest BCUT2D eigenvalue weighted by atomic mass is 16.7. The standard InChI is InChI=1S/C5H10N2O/c1-2-6-4-3-7-8-5(1)4/h4-7H,1-3H2. The van der Waals surface area contributed by atoms with Crippen molar-refractivity contribution in [3.63, 3.8) is 0 Å². The van der Waals surface area contributed by atoms with Gasteiger partial charge >= 0.3 is 0 Å². The van der Waals surface area contributed by atoms with Gasteiger partial charge < -0.3 is 5.32 Å². The smallest absolute Gasteiger partial charge is 0.0968 e. The lowest BCUT2D eigenvalue weighted by molar-refractivity contribution is 0.0358. The van der Waals surface area contributed by atoms with E-state index in [9.17, 15) is 0 Å². The molecule has 2 N–H and O–H groups in total. The Hall–Kier alpha value is -0.120. The second-order valence-corrected chi connectivity index (χ2v) is 2.35. The van der Waals surface area contributed by atoms with Crippen molar-refractivity contribution in [2.45, 2.75) is 18.6 Å². The molecule has 0 bridgehead atoms. The molecular weight excluding hydrogens is 104 g/mol. The average molecular weight is 114 g/mol. The predicted molar refractivity (Wildman–Crippen MR) is 29.3 cm³/mol. The SMILES string of the molecule is C1CC2ONCC2N1. The Bertz CT molecular complexity index is 76.4. The molecule has 2 aliphatic heterocycles. The molecular formula is C5H10N2O. The number of hydrogen-bond acceptors (Lipinski definition) is 3. The Kier molecular flexibility index (Phi) is 0.997. The van der Waals surface area contributed by atoms with Gasteiger partial charge in [0, 0.05) is 6.54 Å². The second-order valence-electron chi connectivity index (χ2n) is 2.35. The summed E-state index contributed by atoms with van der Waals surface area (Å²) in [6, 6.07) is 0.593. The lowest BCUT2D eigenvalue weighted by Crippen LogP contribution is -2.29. The first-order valence-corrected chi connectivity index (χ1v) is 3.09. The summed E-state index contributed by atoms with van der Waals surface area (Å²) in [6.45, 7) is 2.10. The molecule has 2 atom stereocenters. The molecule has 0 aromatic rings. The normalized spacial score (nSPS) is 45.0. The summed E-state index contributed by atoms with van der Waals surface area (Å²) in [4.78, 5) is 5.16. The van der Waals surface area contributed by atoms with Crippen molar-refractivity contribution in [1.82, 2.24) is 10.8 Å². The third-order valence-electron chi connectivity index (χ3n) is 1.82. The van der Waals surface area contributed by atoms with Crippen LogP contribution in [0.1, 0.15) is 6.42 Å².